The van der Waals surface area contributed by atoms with Crippen LogP contribution in [0.4, 0.5) is 18.9 Å². The molecule has 0 fully saturated rings. The maximum atomic E-state index is 13.4. The number of benzene rings is 1. The molecule has 0 radical (unpaired) electrons. The quantitative estimate of drug-likeness (QED) is 0.529. The molecule has 1 atom stereocenters. The van der Waals surface area contributed by atoms with E-state index >= 15 is 0 Å². The van der Waals surface area contributed by atoms with E-state index in [0.717, 1.165) is 25.7 Å². The molecule has 8 heteroatoms. The average molecular weight is 400 g/mol. The first-order valence-corrected chi connectivity index (χ1v) is 9.22. The largest absolute Gasteiger partial charge is 0.472 e. The molecule has 0 bridgehead atoms. The maximum Gasteiger partial charge on any atom is 0.437 e. The van der Waals surface area contributed by atoms with Gasteiger partial charge in [0.15, 0.2) is 5.11 Å². The van der Waals surface area contributed by atoms with Crippen LogP contribution in [0.2, 0.25) is 0 Å². The number of carbonyl (C=O) groups is 1. The van der Waals surface area contributed by atoms with Crippen molar-refractivity contribution in [3.8, 4) is 0 Å². The van der Waals surface area contributed by atoms with E-state index in [1.165, 1.54) is 18.6 Å². The highest BCUT2D eigenvalue weighted by Gasteiger charge is 2.64. The summed E-state index contributed by atoms with van der Waals surface area (Å²) in [7, 11) is 0. The molecule has 2 N–H and O–H groups in total. The predicted molar refractivity (Wildman–Crippen MR) is 102 cm³/mol. The number of ether oxygens (including phenoxy) is 1. The molecule has 148 valence electrons. The van der Waals surface area contributed by atoms with Crippen molar-refractivity contribution >= 4 is 28.9 Å². The Bertz CT molecular complexity index is 717. The van der Waals surface area contributed by atoms with Crippen LogP contribution < -0.4 is 10.6 Å². The zero-order valence-electron chi connectivity index (χ0n) is 15.3. The number of unbranched alkanes of at least 4 members (excludes halogenated alkanes) is 2. The Hall–Kier alpha value is -2.09. The van der Waals surface area contributed by atoms with Crippen LogP contribution in [-0.2, 0) is 16.0 Å². The van der Waals surface area contributed by atoms with Crippen molar-refractivity contribution in [2.75, 3.05) is 5.32 Å². The number of rotatable bonds is 6. The van der Waals surface area contributed by atoms with Crippen molar-refractivity contribution in [2.24, 2.45) is 0 Å². The zero-order valence-corrected chi connectivity index (χ0v) is 16.1. The lowest BCUT2D eigenvalue weighted by molar-refractivity contribution is -0.249. The minimum absolute atomic E-state index is 0.0556. The fourth-order valence-electron chi connectivity index (χ4n) is 2.79. The zero-order chi connectivity index (χ0) is 20.1. The van der Waals surface area contributed by atoms with Gasteiger partial charge in [0.1, 0.15) is 0 Å². The first kappa shape index (κ1) is 21.2. The lowest BCUT2D eigenvalue weighted by Crippen LogP contribution is -2.58. The third-order valence-corrected chi connectivity index (χ3v) is 4.55. The molecule has 1 aliphatic rings. The molecule has 0 aromatic heterocycles. The molecule has 1 unspecified atom stereocenters. The third kappa shape index (κ3) is 5.22. The fraction of sp³-hybridized carbons (Fsp3) is 0.474. The monoisotopic (exact) mass is 400 g/mol. The Morgan fingerprint density at radius 3 is 2.44 bits per heavy atom. The van der Waals surface area contributed by atoms with E-state index in [2.05, 4.69) is 17.6 Å². The number of carbonyl (C=O) groups excluding carboxylic acids is 1. The predicted octanol–water partition coefficient (Wildman–Crippen LogP) is 4.86. The topological polar surface area (TPSA) is 50.4 Å². The SMILES string of the molecule is CCCCCc1ccc(NC(=S)NC(=O)C2(C(F)(F)F)CC=C(C)O2)cc1. The highest BCUT2D eigenvalue weighted by Crippen LogP contribution is 2.42. The summed E-state index contributed by atoms with van der Waals surface area (Å²) in [5, 5.41) is 4.62. The molecular weight excluding hydrogens is 377 g/mol. The molecule has 1 aromatic rings. The summed E-state index contributed by atoms with van der Waals surface area (Å²) in [6, 6.07) is 7.40. The third-order valence-electron chi connectivity index (χ3n) is 4.34. The van der Waals surface area contributed by atoms with Gasteiger partial charge in [-0.05, 0) is 55.8 Å². The molecule has 1 aromatic carbocycles. The standard InChI is InChI=1S/C19H23F3N2O2S/c1-3-4-5-6-14-7-9-15(10-8-14)23-17(27)24-16(25)18(19(20,21)22)12-11-13(2)26-18/h7-11H,3-6,12H2,1-2H3,(H2,23,24,25,27). The molecule has 0 saturated carbocycles. The summed E-state index contributed by atoms with van der Waals surface area (Å²) >= 11 is 4.99. The number of aryl methyl sites for hydroxylation is 1. The summed E-state index contributed by atoms with van der Waals surface area (Å²) < 4.78 is 45.0. The summed E-state index contributed by atoms with van der Waals surface area (Å²) in [4.78, 5) is 12.2. The van der Waals surface area contributed by atoms with Gasteiger partial charge in [0.25, 0.3) is 11.5 Å². The number of thiocarbonyl (C=S) groups is 1. The Morgan fingerprint density at radius 1 is 1.26 bits per heavy atom. The van der Waals surface area contributed by atoms with E-state index < -0.39 is 24.1 Å². The summed E-state index contributed by atoms with van der Waals surface area (Å²) in [6.45, 7) is 3.51. The average Bonchev–Trinajstić information content (AvgIpc) is 3.00. The van der Waals surface area contributed by atoms with Crippen LogP contribution in [0.15, 0.2) is 36.1 Å². The van der Waals surface area contributed by atoms with Crippen LogP contribution in [0.1, 0.15) is 45.1 Å². The number of nitrogens with one attached hydrogen (secondary N) is 2. The van der Waals surface area contributed by atoms with Gasteiger partial charge in [0.05, 0.1) is 5.76 Å². The first-order valence-electron chi connectivity index (χ1n) is 8.82. The van der Waals surface area contributed by atoms with Crippen molar-refractivity contribution in [1.29, 1.82) is 0 Å². The second-order valence-corrected chi connectivity index (χ2v) is 6.92. The smallest absolute Gasteiger partial charge is 0.437 e. The second-order valence-electron chi connectivity index (χ2n) is 6.51. The number of halogens is 3. The van der Waals surface area contributed by atoms with E-state index in [0.29, 0.717) is 5.69 Å². The minimum Gasteiger partial charge on any atom is -0.472 e. The van der Waals surface area contributed by atoms with Gasteiger partial charge in [-0.3, -0.25) is 10.1 Å². The summed E-state index contributed by atoms with van der Waals surface area (Å²) in [5.74, 6) is -1.28. The Morgan fingerprint density at radius 2 is 1.93 bits per heavy atom. The molecule has 1 aliphatic heterocycles. The van der Waals surface area contributed by atoms with Crippen molar-refractivity contribution in [3.05, 3.63) is 41.7 Å². The molecule has 0 spiro atoms. The molecule has 4 nitrogen and oxygen atoms in total. The molecule has 1 heterocycles. The van der Waals surface area contributed by atoms with E-state index in [9.17, 15) is 18.0 Å². The number of hydrogen-bond acceptors (Lipinski definition) is 3. The first-order chi connectivity index (χ1) is 12.7. The van der Waals surface area contributed by atoms with E-state index in [1.54, 1.807) is 12.1 Å². The van der Waals surface area contributed by atoms with Crippen molar-refractivity contribution in [2.45, 2.75) is 57.7 Å². The molecule has 2 rings (SSSR count). The van der Waals surface area contributed by atoms with Crippen LogP contribution in [-0.4, -0.2) is 22.8 Å². The fourth-order valence-corrected chi connectivity index (χ4v) is 3.00. The van der Waals surface area contributed by atoms with Gasteiger partial charge in [-0.1, -0.05) is 31.9 Å². The lowest BCUT2D eigenvalue weighted by atomic mass is 9.99. The van der Waals surface area contributed by atoms with Gasteiger partial charge in [-0.15, -0.1) is 0 Å². The maximum absolute atomic E-state index is 13.4. The number of amides is 1. The number of alkyl halides is 3. The highest BCUT2D eigenvalue weighted by molar-refractivity contribution is 7.80. The van der Waals surface area contributed by atoms with Crippen LogP contribution >= 0.6 is 12.2 Å². The molecule has 1 amide bonds. The van der Waals surface area contributed by atoms with Crippen LogP contribution in [0.3, 0.4) is 0 Å². The lowest BCUT2D eigenvalue weighted by Gasteiger charge is -2.30. The normalized spacial score (nSPS) is 19.2. The van der Waals surface area contributed by atoms with Gasteiger partial charge in [-0.2, -0.15) is 13.2 Å². The summed E-state index contributed by atoms with van der Waals surface area (Å²) in [5.41, 5.74) is -1.19. The molecule has 0 aliphatic carbocycles. The van der Waals surface area contributed by atoms with Crippen molar-refractivity contribution in [3.63, 3.8) is 0 Å². The Labute approximate surface area is 162 Å². The van der Waals surface area contributed by atoms with Gasteiger partial charge in [-0.25, -0.2) is 0 Å². The van der Waals surface area contributed by atoms with Gasteiger partial charge < -0.3 is 10.1 Å². The Balaban J connectivity index is 1.95. The second kappa shape index (κ2) is 8.73. The van der Waals surface area contributed by atoms with Crippen LogP contribution in [0.5, 0.6) is 0 Å². The number of anilines is 1. The van der Waals surface area contributed by atoms with Crippen molar-refractivity contribution in [1.82, 2.24) is 5.32 Å². The number of hydrogen-bond donors (Lipinski definition) is 2. The van der Waals surface area contributed by atoms with Crippen LogP contribution in [0.25, 0.3) is 0 Å². The number of allylic oxidation sites excluding steroid dienone is 1. The molecule has 0 saturated heterocycles. The van der Waals surface area contributed by atoms with E-state index in [1.807, 2.05) is 12.1 Å². The van der Waals surface area contributed by atoms with E-state index in [4.69, 9.17) is 17.0 Å². The molecule has 27 heavy (non-hydrogen) atoms. The van der Waals surface area contributed by atoms with Crippen molar-refractivity contribution < 1.29 is 22.7 Å². The van der Waals surface area contributed by atoms with Gasteiger partial charge in [0.2, 0.25) is 0 Å². The minimum atomic E-state index is -4.86. The van der Waals surface area contributed by atoms with Crippen LogP contribution in [0, 0.1) is 0 Å². The highest BCUT2D eigenvalue weighted by atomic mass is 32.1. The molecular formula is C19H23F3N2O2S. The van der Waals surface area contributed by atoms with Gasteiger partial charge >= 0.3 is 6.18 Å². The Kier molecular flexibility index (Phi) is 6.86. The van der Waals surface area contributed by atoms with Gasteiger partial charge in [0, 0.05) is 12.1 Å². The summed E-state index contributed by atoms with van der Waals surface area (Å²) in [6.07, 6.45) is 0.169. The van der Waals surface area contributed by atoms with E-state index in [-0.39, 0.29) is 10.9 Å².